The van der Waals surface area contributed by atoms with Crippen molar-refractivity contribution in [1.29, 1.82) is 0 Å². The van der Waals surface area contributed by atoms with Crippen molar-refractivity contribution < 1.29 is 0 Å². The molecule has 0 spiro atoms. The average molecular weight is 317 g/mol. The van der Waals surface area contributed by atoms with Gasteiger partial charge in [-0.2, -0.15) is 11.8 Å². The summed E-state index contributed by atoms with van der Waals surface area (Å²) in [5, 5.41) is 0. The minimum Gasteiger partial charge on any atom is -0.271 e. The van der Waals surface area contributed by atoms with Crippen molar-refractivity contribution >= 4 is 27.7 Å². The van der Waals surface area contributed by atoms with Gasteiger partial charge in [0.05, 0.1) is 0 Å². The van der Waals surface area contributed by atoms with Crippen LogP contribution < -0.4 is 11.3 Å². The van der Waals surface area contributed by atoms with Crippen molar-refractivity contribution in [2.75, 3.05) is 11.5 Å². The third-order valence-corrected chi connectivity index (χ3v) is 4.74. The van der Waals surface area contributed by atoms with Gasteiger partial charge in [0.2, 0.25) is 0 Å². The Labute approximate surface area is 117 Å². The zero-order chi connectivity index (χ0) is 12.7. The number of halogens is 1. The van der Waals surface area contributed by atoms with E-state index in [-0.39, 0.29) is 0 Å². The van der Waals surface area contributed by atoms with Gasteiger partial charge >= 0.3 is 0 Å². The molecule has 0 bridgehead atoms. The lowest BCUT2D eigenvalue weighted by Gasteiger charge is -2.17. The molecular formula is C13H21BrN2S. The number of hydrogen-bond donors (Lipinski definition) is 2. The Kier molecular flexibility index (Phi) is 7.19. The molecule has 0 aliphatic heterocycles. The highest BCUT2D eigenvalue weighted by Crippen LogP contribution is 2.19. The Morgan fingerprint density at radius 2 is 2.00 bits per heavy atom. The van der Waals surface area contributed by atoms with Crippen LogP contribution in [0.2, 0.25) is 0 Å². The van der Waals surface area contributed by atoms with E-state index in [9.17, 15) is 0 Å². The SMILES string of the molecule is CC(C)CSCC(Cc1ccccc1Br)NN. The molecule has 0 amide bonds. The molecule has 1 rings (SSSR count). The van der Waals surface area contributed by atoms with Crippen molar-refractivity contribution in [2.24, 2.45) is 11.8 Å². The molecule has 0 saturated carbocycles. The first-order chi connectivity index (χ1) is 8.13. The summed E-state index contributed by atoms with van der Waals surface area (Å²) in [6.45, 7) is 4.48. The number of nitrogens with one attached hydrogen (secondary N) is 1. The molecule has 1 unspecified atom stereocenters. The second kappa shape index (κ2) is 8.14. The van der Waals surface area contributed by atoms with Crippen molar-refractivity contribution in [2.45, 2.75) is 26.3 Å². The van der Waals surface area contributed by atoms with E-state index in [2.05, 4.69) is 53.4 Å². The van der Waals surface area contributed by atoms with Gasteiger partial charge in [-0.25, -0.2) is 0 Å². The smallest absolute Gasteiger partial charge is 0.0341 e. The van der Waals surface area contributed by atoms with Gasteiger partial charge in [-0.15, -0.1) is 0 Å². The zero-order valence-corrected chi connectivity index (χ0v) is 12.9. The lowest BCUT2D eigenvalue weighted by atomic mass is 10.1. The molecule has 0 aliphatic rings. The molecule has 0 fully saturated rings. The monoisotopic (exact) mass is 316 g/mol. The standard InChI is InChI=1S/C13H21BrN2S/c1-10(2)8-17-9-12(16-15)7-11-5-3-4-6-13(11)14/h3-6,10,12,16H,7-9,15H2,1-2H3. The molecule has 0 aliphatic carbocycles. The minimum absolute atomic E-state index is 0.331. The predicted molar refractivity (Wildman–Crippen MR) is 81.1 cm³/mol. The van der Waals surface area contributed by atoms with Crippen LogP contribution in [0, 0.1) is 5.92 Å². The normalized spacial score (nSPS) is 13.0. The van der Waals surface area contributed by atoms with Gasteiger partial charge in [-0.05, 0) is 29.7 Å². The Morgan fingerprint density at radius 1 is 1.29 bits per heavy atom. The summed E-state index contributed by atoms with van der Waals surface area (Å²) in [5.74, 6) is 8.59. The Balaban J connectivity index is 2.44. The van der Waals surface area contributed by atoms with Crippen molar-refractivity contribution in [3.63, 3.8) is 0 Å². The van der Waals surface area contributed by atoms with Crippen molar-refractivity contribution in [3.8, 4) is 0 Å². The molecule has 4 heteroatoms. The van der Waals surface area contributed by atoms with Gasteiger partial charge in [0.25, 0.3) is 0 Å². The van der Waals surface area contributed by atoms with Crippen LogP contribution in [0.5, 0.6) is 0 Å². The Hall–Kier alpha value is -0.0300. The molecular weight excluding hydrogens is 296 g/mol. The first kappa shape index (κ1) is 15.0. The van der Waals surface area contributed by atoms with E-state index < -0.39 is 0 Å². The number of benzene rings is 1. The highest BCUT2D eigenvalue weighted by Gasteiger charge is 2.10. The second-order valence-electron chi connectivity index (χ2n) is 4.59. The molecule has 1 aromatic rings. The number of hydrazine groups is 1. The fraction of sp³-hybridized carbons (Fsp3) is 0.538. The quantitative estimate of drug-likeness (QED) is 0.599. The van der Waals surface area contributed by atoms with Crippen molar-refractivity contribution in [3.05, 3.63) is 34.3 Å². The van der Waals surface area contributed by atoms with E-state index in [0.29, 0.717) is 6.04 Å². The predicted octanol–water partition coefficient (Wildman–Crippen LogP) is 3.21. The highest BCUT2D eigenvalue weighted by atomic mass is 79.9. The lowest BCUT2D eigenvalue weighted by Crippen LogP contribution is -2.38. The average Bonchev–Trinajstić information content (AvgIpc) is 2.30. The topological polar surface area (TPSA) is 38.0 Å². The summed E-state index contributed by atoms with van der Waals surface area (Å²) in [7, 11) is 0. The summed E-state index contributed by atoms with van der Waals surface area (Å²) in [6.07, 6.45) is 0.961. The first-order valence-electron chi connectivity index (χ1n) is 5.90. The van der Waals surface area contributed by atoms with E-state index >= 15 is 0 Å². The molecule has 1 aromatic carbocycles. The van der Waals surface area contributed by atoms with E-state index in [0.717, 1.165) is 22.6 Å². The molecule has 1 atom stereocenters. The zero-order valence-electron chi connectivity index (χ0n) is 10.4. The largest absolute Gasteiger partial charge is 0.271 e. The fourth-order valence-corrected chi connectivity index (χ4v) is 3.09. The molecule has 3 N–H and O–H groups in total. The summed E-state index contributed by atoms with van der Waals surface area (Å²) >= 11 is 5.53. The van der Waals surface area contributed by atoms with Crippen LogP contribution in [0.1, 0.15) is 19.4 Å². The van der Waals surface area contributed by atoms with E-state index in [1.165, 1.54) is 11.3 Å². The number of rotatable bonds is 7. The van der Waals surface area contributed by atoms with Crippen LogP contribution in [-0.4, -0.2) is 17.5 Å². The van der Waals surface area contributed by atoms with Crippen LogP contribution >= 0.6 is 27.7 Å². The van der Waals surface area contributed by atoms with Crippen LogP contribution in [0.4, 0.5) is 0 Å². The van der Waals surface area contributed by atoms with Crippen LogP contribution in [-0.2, 0) is 6.42 Å². The van der Waals surface area contributed by atoms with Gasteiger partial charge in [-0.3, -0.25) is 11.3 Å². The molecule has 0 heterocycles. The van der Waals surface area contributed by atoms with Gasteiger partial charge in [-0.1, -0.05) is 48.0 Å². The number of nitrogens with two attached hydrogens (primary N) is 1. The van der Waals surface area contributed by atoms with Crippen LogP contribution in [0.25, 0.3) is 0 Å². The van der Waals surface area contributed by atoms with Crippen molar-refractivity contribution in [1.82, 2.24) is 5.43 Å². The molecule has 0 radical (unpaired) electrons. The lowest BCUT2D eigenvalue weighted by molar-refractivity contribution is 0.574. The molecule has 17 heavy (non-hydrogen) atoms. The summed E-state index contributed by atoms with van der Waals surface area (Å²) in [6, 6.07) is 8.64. The third kappa shape index (κ3) is 5.91. The van der Waals surface area contributed by atoms with Crippen LogP contribution in [0.3, 0.4) is 0 Å². The summed E-state index contributed by atoms with van der Waals surface area (Å²) in [5.41, 5.74) is 4.22. The van der Waals surface area contributed by atoms with E-state index in [4.69, 9.17) is 5.84 Å². The number of hydrogen-bond acceptors (Lipinski definition) is 3. The van der Waals surface area contributed by atoms with Gasteiger partial charge in [0.1, 0.15) is 0 Å². The first-order valence-corrected chi connectivity index (χ1v) is 7.85. The molecule has 2 nitrogen and oxygen atoms in total. The third-order valence-electron chi connectivity index (χ3n) is 2.43. The number of thioether (sulfide) groups is 1. The van der Waals surface area contributed by atoms with Gasteiger partial charge in [0.15, 0.2) is 0 Å². The van der Waals surface area contributed by atoms with E-state index in [1.54, 1.807) is 0 Å². The molecule has 0 aromatic heterocycles. The van der Waals surface area contributed by atoms with Crippen LogP contribution in [0.15, 0.2) is 28.7 Å². The second-order valence-corrected chi connectivity index (χ2v) is 6.52. The van der Waals surface area contributed by atoms with Gasteiger partial charge < -0.3 is 0 Å². The maximum Gasteiger partial charge on any atom is 0.0341 e. The highest BCUT2D eigenvalue weighted by molar-refractivity contribution is 9.10. The maximum absolute atomic E-state index is 5.61. The Bertz CT molecular complexity index is 331. The molecule has 0 saturated heterocycles. The summed E-state index contributed by atoms with van der Waals surface area (Å²) in [4.78, 5) is 0. The Morgan fingerprint density at radius 3 is 2.59 bits per heavy atom. The summed E-state index contributed by atoms with van der Waals surface area (Å²) < 4.78 is 1.16. The minimum atomic E-state index is 0.331. The maximum atomic E-state index is 5.61. The fourth-order valence-electron chi connectivity index (χ4n) is 1.54. The van der Waals surface area contributed by atoms with Gasteiger partial charge in [0, 0.05) is 16.3 Å². The van der Waals surface area contributed by atoms with E-state index in [1.807, 2.05) is 17.8 Å². The molecule has 96 valence electrons.